The Kier molecular flexibility index (Phi) is 6.45. The van der Waals surface area contributed by atoms with Crippen LogP contribution in [0.1, 0.15) is 22.7 Å². The van der Waals surface area contributed by atoms with Crippen LogP contribution in [-0.4, -0.2) is 30.0 Å². The summed E-state index contributed by atoms with van der Waals surface area (Å²) in [4.78, 5) is 28.9. The summed E-state index contributed by atoms with van der Waals surface area (Å²) in [5.41, 5.74) is 1.31. The van der Waals surface area contributed by atoms with Gasteiger partial charge in [0.05, 0.1) is 6.04 Å². The smallest absolute Gasteiger partial charge is 0.344 e. The SMILES string of the molecule is CSc1ccc(C(NC(=O)C2C=CC(C(F)(F)F)=NC2=O)c2ccc(C)cc2)cc1. The molecule has 2 atom stereocenters. The van der Waals surface area contributed by atoms with Crippen molar-refractivity contribution >= 4 is 29.3 Å². The van der Waals surface area contributed by atoms with Gasteiger partial charge in [0.1, 0.15) is 11.6 Å². The van der Waals surface area contributed by atoms with Crippen LogP contribution < -0.4 is 5.32 Å². The van der Waals surface area contributed by atoms with E-state index in [4.69, 9.17) is 0 Å². The number of amides is 2. The highest BCUT2D eigenvalue weighted by molar-refractivity contribution is 7.98. The van der Waals surface area contributed by atoms with Crippen LogP contribution in [0.3, 0.4) is 0 Å². The zero-order valence-corrected chi connectivity index (χ0v) is 17.1. The predicted octanol–water partition coefficient (Wildman–Crippen LogP) is 4.64. The van der Waals surface area contributed by atoms with E-state index in [0.29, 0.717) is 6.08 Å². The van der Waals surface area contributed by atoms with E-state index in [-0.39, 0.29) is 0 Å². The van der Waals surface area contributed by atoms with Crippen molar-refractivity contribution < 1.29 is 22.8 Å². The first kappa shape index (κ1) is 21.8. The number of nitrogens with one attached hydrogen (secondary N) is 1. The van der Waals surface area contributed by atoms with Crippen LogP contribution >= 0.6 is 11.8 Å². The largest absolute Gasteiger partial charge is 0.433 e. The van der Waals surface area contributed by atoms with E-state index in [1.54, 1.807) is 11.8 Å². The molecule has 2 amide bonds. The molecule has 1 aliphatic rings. The number of carbonyl (C=O) groups excluding carboxylic acids is 2. The van der Waals surface area contributed by atoms with Gasteiger partial charge in [0.2, 0.25) is 5.91 Å². The van der Waals surface area contributed by atoms with Crippen molar-refractivity contribution in [1.29, 1.82) is 0 Å². The van der Waals surface area contributed by atoms with Gasteiger partial charge in [-0.3, -0.25) is 9.59 Å². The second-order valence-electron chi connectivity index (χ2n) is 6.80. The maximum atomic E-state index is 12.8. The number of benzene rings is 2. The third-order valence-corrected chi connectivity index (χ3v) is 5.41. The summed E-state index contributed by atoms with van der Waals surface area (Å²) < 4.78 is 38.3. The quantitative estimate of drug-likeness (QED) is 0.553. The first-order valence-corrected chi connectivity index (χ1v) is 10.3. The van der Waals surface area contributed by atoms with Gasteiger partial charge in [0, 0.05) is 4.90 Å². The number of carbonyl (C=O) groups is 2. The molecule has 3 rings (SSSR count). The number of allylic oxidation sites excluding steroid dienone is 1. The van der Waals surface area contributed by atoms with Crippen molar-refractivity contribution in [3.8, 4) is 0 Å². The summed E-state index contributed by atoms with van der Waals surface area (Å²) in [5, 5.41) is 2.79. The van der Waals surface area contributed by atoms with Gasteiger partial charge in [-0.25, -0.2) is 4.99 Å². The van der Waals surface area contributed by atoms with Gasteiger partial charge in [-0.15, -0.1) is 11.8 Å². The molecule has 2 unspecified atom stereocenters. The van der Waals surface area contributed by atoms with E-state index in [2.05, 4.69) is 10.3 Å². The highest BCUT2D eigenvalue weighted by atomic mass is 32.2. The second-order valence-corrected chi connectivity index (χ2v) is 7.67. The molecular formula is C22H19F3N2O2S. The molecule has 0 bridgehead atoms. The predicted molar refractivity (Wildman–Crippen MR) is 111 cm³/mol. The average Bonchev–Trinajstić information content (AvgIpc) is 2.72. The number of alkyl halides is 3. The van der Waals surface area contributed by atoms with E-state index in [0.717, 1.165) is 27.7 Å². The van der Waals surface area contributed by atoms with Gasteiger partial charge in [0.15, 0.2) is 0 Å². The van der Waals surface area contributed by atoms with Crippen LogP contribution in [0.2, 0.25) is 0 Å². The van der Waals surface area contributed by atoms with Crippen molar-refractivity contribution in [2.75, 3.05) is 6.26 Å². The first-order valence-electron chi connectivity index (χ1n) is 9.08. The van der Waals surface area contributed by atoms with Crippen LogP contribution in [0.25, 0.3) is 0 Å². The summed E-state index contributed by atoms with van der Waals surface area (Å²) in [5.74, 6) is -3.25. The molecule has 0 spiro atoms. The minimum absolute atomic E-state index is 0.566. The molecule has 0 fully saturated rings. The number of thioether (sulfide) groups is 1. The highest BCUT2D eigenvalue weighted by Gasteiger charge is 2.39. The second kappa shape index (κ2) is 8.87. The lowest BCUT2D eigenvalue weighted by atomic mass is 9.96. The number of rotatable bonds is 5. The fraction of sp³-hybridized carbons (Fsp3) is 0.227. The van der Waals surface area contributed by atoms with Crippen molar-refractivity contribution in [3.05, 3.63) is 77.4 Å². The van der Waals surface area contributed by atoms with Crippen molar-refractivity contribution in [2.24, 2.45) is 10.9 Å². The normalized spacial score (nSPS) is 17.4. The van der Waals surface area contributed by atoms with Gasteiger partial charge in [0.25, 0.3) is 5.91 Å². The maximum absolute atomic E-state index is 12.8. The topological polar surface area (TPSA) is 58.5 Å². The van der Waals surface area contributed by atoms with Gasteiger partial charge >= 0.3 is 6.18 Å². The molecule has 4 nitrogen and oxygen atoms in total. The molecule has 30 heavy (non-hydrogen) atoms. The third-order valence-electron chi connectivity index (χ3n) is 4.66. The monoisotopic (exact) mass is 432 g/mol. The zero-order chi connectivity index (χ0) is 21.9. The molecule has 156 valence electrons. The van der Waals surface area contributed by atoms with E-state index >= 15 is 0 Å². The Labute approximate surface area is 176 Å². The lowest BCUT2D eigenvalue weighted by molar-refractivity contribution is -0.132. The molecule has 0 aliphatic carbocycles. The zero-order valence-electron chi connectivity index (χ0n) is 16.2. The molecule has 1 aliphatic heterocycles. The molecule has 2 aromatic rings. The fourth-order valence-electron chi connectivity index (χ4n) is 3.00. The molecular weight excluding hydrogens is 413 g/mol. The van der Waals surface area contributed by atoms with E-state index in [1.165, 1.54) is 0 Å². The fourth-order valence-corrected chi connectivity index (χ4v) is 3.41. The highest BCUT2D eigenvalue weighted by Crippen LogP contribution is 2.27. The van der Waals surface area contributed by atoms with Crippen molar-refractivity contribution in [1.82, 2.24) is 5.32 Å². The molecule has 1 N–H and O–H groups in total. The number of nitrogens with zero attached hydrogens (tertiary/aromatic N) is 1. The van der Waals surface area contributed by atoms with Crippen LogP contribution in [-0.2, 0) is 9.59 Å². The summed E-state index contributed by atoms with van der Waals surface area (Å²) in [7, 11) is 0. The molecule has 0 saturated carbocycles. The standard InChI is InChI=1S/C22H19F3N2O2S/c1-13-3-5-14(6-4-13)19(15-7-9-16(30-2)10-8-15)27-21(29)17-11-12-18(22(23,24)25)26-20(17)28/h3-12,17,19H,1-2H3,(H,27,29). The van der Waals surface area contributed by atoms with Crippen LogP contribution in [0.15, 0.2) is 70.6 Å². The van der Waals surface area contributed by atoms with E-state index in [1.807, 2.05) is 61.7 Å². The van der Waals surface area contributed by atoms with Crippen LogP contribution in [0.5, 0.6) is 0 Å². The number of halogens is 3. The van der Waals surface area contributed by atoms with E-state index < -0.39 is 35.7 Å². The van der Waals surface area contributed by atoms with Gasteiger partial charge < -0.3 is 5.32 Å². The number of dihydropyridines is 1. The Morgan fingerprint density at radius 3 is 2.13 bits per heavy atom. The summed E-state index contributed by atoms with van der Waals surface area (Å²) in [6.07, 6.45) is -1.18. The maximum Gasteiger partial charge on any atom is 0.433 e. The first-order chi connectivity index (χ1) is 14.2. The molecule has 2 aromatic carbocycles. The Morgan fingerprint density at radius 1 is 1.07 bits per heavy atom. The average molecular weight is 432 g/mol. The number of aryl methyl sites for hydroxylation is 1. The summed E-state index contributed by atoms with van der Waals surface area (Å²) in [6, 6.07) is 14.5. The Hall–Kier alpha value is -2.87. The Bertz CT molecular complexity index is 997. The lowest BCUT2D eigenvalue weighted by Gasteiger charge is -2.23. The van der Waals surface area contributed by atoms with E-state index in [9.17, 15) is 22.8 Å². The summed E-state index contributed by atoms with van der Waals surface area (Å²) in [6.45, 7) is 1.94. The minimum Gasteiger partial charge on any atom is -0.344 e. The number of hydrogen-bond acceptors (Lipinski definition) is 3. The van der Waals surface area contributed by atoms with Crippen LogP contribution in [0, 0.1) is 12.8 Å². The minimum atomic E-state index is -4.74. The lowest BCUT2D eigenvalue weighted by Crippen LogP contribution is -2.39. The Balaban J connectivity index is 1.87. The molecule has 0 aromatic heterocycles. The third kappa shape index (κ3) is 4.99. The van der Waals surface area contributed by atoms with Crippen molar-refractivity contribution in [2.45, 2.75) is 24.0 Å². The molecule has 0 saturated heterocycles. The molecule has 1 heterocycles. The summed E-state index contributed by atoms with van der Waals surface area (Å²) >= 11 is 1.58. The number of hydrogen-bond donors (Lipinski definition) is 1. The van der Waals surface area contributed by atoms with Crippen LogP contribution in [0.4, 0.5) is 13.2 Å². The van der Waals surface area contributed by atoms with Gasteiger partial charge in [-0.2, -0.15) is 13.2 Å². The molecule has 0 radical (unpaired) electrons. The Morgan fingerprint density at radius 2 is 1.63 bits per heavy atom. The number of aliphatic imine (C=N–C) groups is 1. The molecule has 8 heteroatoms. The van der Waals surface area contributed by atoms with Gasteiger partial charge in [-0.1, -0.05) is 48.0 Å². The van der Waals surface area contributed by atoms with Crippen molar-refractivity contribution in [3.63, 3.8) is 0 Å². The van der Waals surface area contributed by atoms with Gasteiger partial charge in [-0.05, 0) is 42.5 Å².